The fourth-order valence-electron chi connectivity index (χ4n) is 1.82. The summed E-state index contributed by atoms with van der Waals surface area (Å²) in [5, 5.41) is 5.36. The molecule has 0 spiro atoms. The summed E-state index contributed by atoms with van der Waals surface area (Å²) in [5.41, 5.74) is 0.627. The van der Waals surface area contributed by atoms with E-state index in [0.29, 0.717) is 5.39 Å². The number of hydrogen-bond acceptors (Lipinski definition) is 4. The smallest absolute Gasteiger partial charge is 0.267 e. The molecule has 0 N–H and O–H groups in total. The van der Waals surface area contributed by atoms with Crippen molar-refractivity contribution in [3.8, 4) is 0 Å². The van der Waals surface area contributed by atoms with E-state index in [0.717, 1.165) is 17.2 Å². The quantitative estimate of drug-likeness (QED) is 0.822. The van der Waals surface area contributed by atoms with E-state index in [4.69, 9.17) is 0 Å². The number of aryl methyl sites for hydroxylation is 2. The maximum Gasteiger partial charge on any atom is 0.274 e. The van der Waals surface area contributed by atoms with E-state index in [1.54, 1.807) is 6.20 Å². The Labute approximate surface area is 105 Å². The molecule has 1 aromatic heterocycles. The Kier molecular flexibility index (Phi) is 3.21. The standard InChI is InChI=1S/C12H14N2O3S/c1-9-4-3-5-10-8-13-14(12(15)11(9)10)6-7-18(2,16)17/h3-5,8H,6-7H2,1-2H3. The predicted octanol–water partition coefficient (Wildman–Crippen LogP) is 0.750. The van der Waals surface area contributed by atoms with Gasteiger partial charge in [0.2, 0.25) is 0 Å². The summed E-state index contributed by atoms with van der Waals surface area (Å²) < 4.78 is 23.4. The van der Waals surface area contributed by atoms with Crippen molar-refractivity contribution in [1.82, 2.24) is 9.78 Å². The monoisotopic (exact) mass is 266 g/mol. The van der Waals surface area contributed by atoms with Crippen LogP contribution in [0.4, 0.5) is 0 Å². The zero-order valence-corrected chi connectivity index (χ0v) is 11.1. The highest BCUT2D eigenvalue weighted by atomic mass is 32.2. The Balaban J connectivity index is 2.52. The summed E-state index contributed by atoms with van der Waals surface area (Å²) in [6, 6.07) is 5.53. The van der Waals surface area contributed by atoms with Crippen LogP contribution < -0.4 is 5.56 Å². The number of aromatic nitrogens is 2. The lowest BCUT2D eigenvalue weighted by atomic mass is 10.1. The Bertz CT molecular complexity index is 747. The average molecular weight is 266 g/mol. The molecule has 6 heteroatoms. The van der Waals surface area contributed by atoms with Gasteiger partial charge in [0.05, 0.1) is 23.9 Å². The molecule has 0 saturated heterocycles. The van der Waals surface area contributed by atoms with Gasteiger partial charge in [-0.1, -0.05) is 18.2 Å². The summed E-state index contributed by atoms with van der Waals surface area (Å²) in [4.78, 5) is 12.2. The van der Waals surface area contributed by atoms with E-state index in [2.05, 4.69) is 5.10 Å². The Morgan fingerprint density at radius 1 is 1.33 bits per heavy atom. The van der Waals surface area contributed by atoms with Crippen molar-refractivity contribution in [2.75, 3.05) is 12.0 Å². The van der Waals surface area contributed by atoms with E-state index in [1.165, 1.54) is 4.68 Å². The first-order valence-electron chi connectivity index (χ1n) is 5.52. The molecule has 0 unspecified atom stereocenters. The molecule has 5 nitrogen and oxygen atoms in total. The third kappa shape index (κ3) is 2.59. The number of nitrogens with zero attached hydrogens (tertiary/aromatic N) is 2. The van der Waals surface area contributed by atoms with Crippen molar-refractivity contribution < 1.29 is 8.42 Å². The maximum absolute atomic E-state index is 12.2. The van der Waals surface area contributed by atoms with Crippen molar-refractivity contribution in [3.63, 3.8) is 0 Å². The summed E-state index contributed by atoms with van der Waals surface area (Å²) in [5.74, 6) is -0.0860. The molecule has 0 radical (unpaired) electrons. The minimum Gasteiger partial charge on any atom is -0.267 e. The lowest BCUT2D eigenvalue weighted by Gasteiger charge is -2.06. The van der Waals surface area contributed by atoms with Gasteiger partial charge in [0, 0.05) is 11.6 Å². The van der Waals surface area contributed by atoms with Crippen molar-refractivity contribution in [3.05, 3.63) is 40.3 Å². The molecule has 0 saturated carbocycles. The molecule has 2 rings (SSSR count). The zero-order valence-electron chi connectivity index (χ0n) is 10.3. The first-order chi connectivity index (χ1) is 8.38. The highest BCUT2D eigenvalue weighted by Crippen LogP contribution is 2.12. The van der Waals surface area contributed by atoms with Gasteiger partial charge in [-0.05, 0) is 12.5 Å². The third-order valence-corrected chi connectivity index (χ3v) is 3.69. The second-order valence-electron chi connectivity index (χ2n) is 4.34. The summed E-state index contributed by atoms with van der Waals surface area (Å²) >= 11 is 0. The van der Waals surface area contributed by atoms with Crippen molar-refractivity contribution in [2.24, 2.45) is 0 Å². The molecule has 0 fully saturated rings. The van der Waals surface area contributed by atoms with Gasteiger partial charge < -0.3 is 0 Å². The maximum atomic E-state index is 12.2. The highest BCUT2D eigenvalue weighted by Gasteiger charge is 2.08. The summed E-state index contributed by atoms with van der Waals surface area (Å²) in [7, 11) is -3.10. The van der Waals surface area contributed by atoms with Crippen LogP contribution in [-0.4, -0.2) is 30.2 Å². The molecular formula is C12H14N2O3S. The molecule has 0 aliphatic rings. The minimum absolute atomic E-state index is 0.0853. The van der Waals surface area contributed by atoms with Crippen LogP contribution in [0.3, 0.4) is 0 Å². The number of fused-ring (bicyclic) bond motifs is 1. The number of rotatable bonds is 3. The van der Waals surface area contributed by atoms with Crippen molar-refractivity contribution in [1.29, 1.82) is 0 Å². The molecule has 96 valence electrons. The number of hydrogen-bond donors (Lipinski definition) is 0. The largest absolute Gasteiger partial charge is 0.274 e. The van der Waals surface area contributed by atoms with Crippen LogP contribution in [0.1, 0.15) is 5.56 Å². The van der Waals surface area contributed by atoms with Crippen LogP contribution in [0, 0.1) is 6.92 Å². The Morgan fingerprint density at radius 3 is 2.72 bits per heavy atom. The van der Waals surface area contributed by atoms with Gasteiger partial charge in [0.15, 0.2) is 0 Å². The van der Waals surface area contributed by atoms with E-state index in [-0.39, 0.29) is 17.9 Å². The number of sulfone groups is 1. The van der Waals surface area contributed by atoms with Crippen LogP contribution in [0.15, 0.2) is 29.2 Å². The van der Waals surface area contributed by atoms with E-state index in [1.807, 2.05) is 25.1 Å². The van der Waals surface area contributed by atoms with Crippen LogP contribution in [0.2, 0.25) is 0 Å². The highest BCUT2D eigenvalue weighted by molar-refractivity contribution is 7.90. The lowest BCUT2D eigenvalue weighted by molar-refractivity contribution is 0.578. The molecule has 0 aliphatic heterocycles. The Morgan fingerprint density at radius 2 is 2.06 bits per heavy atom. The second kappa shape index (κ2) is 4.53. The van der Waals surface area contributed by atoms with Gasteiger partial charge in [0.1, 0.15) is 9.84 Å². The predicted molar refractivity (Wildman–Crippen MR) is 70.5 cm³/mol. The Hall–Kier alpha value is -1.69. The molecule has 1 heterocycles. The van der Waals surface area contributed by atoms with Gasteiger partial charge in [0.25, 0.3) is 5.56 Å². The van der Waals surface area contributed by atoms with Gasteiger partial charge >= 0.3 is 0 Å². The molecule has 2 aromatic rings. The van der Waals surface area contributed by atoms with Gasteiger partial charge in [-0.25, -0.2) is 13.1 Å². The molecule has 1 aromatic carbocycles. The summed E-state index contributed by atoms with van der Waals surface area (Å²) in [6.07, 6.45) is 2.73. The minimum atomic E-state index is -3.10. The topological polar surface area (TPSA) is 69.0 Å². The fraction of sp³-hybridized carbons (Fsp3) is 0.333. The number of benzene rings is 1. The summed E-state index contributed by atoms with van der Waals surface area (Å²) in [6.45, 7) is 1.94. The van der Waals surface area contributed by atoms with Crippen LogP contribution in [0.5, 0.6) is 0 Å². The van der Waals surface area contributed by atoms with Gasteiger partial charge in [-0.2, -0.15) is 5.10 Å². The van der Waals surface area contributed by atoms with Crippen molar-refractivity contribution >= 4 is 20.6 Å². The van der Waals surface area contributed by atoms with Crippen molar-refractivity contribution in [2.45, 2.75) is 13.5 Å². The normalized spacial score (nSPS) is 11.9. The first-order valence-corrected chi connectivity index (χ1v) is 7.58. The lowest BCUT2D eigenvalue weighted by Crippen LogP contribution is -2.26. The zero-order chi connectivity index (χ0) is 13.3. The van der Waals surface area contributed by atoms with E-state index >= 15 is 0 Å². The molecule has 0 bridgehead atoms. The molecule has 0 atom stereocenters. The van der Waals surface area contributed by atoms with E-state index in [9.17, 15) is 13.2 Å². The molecule has 0 aliphatic carbocycles. The SMILES string of the molecule is Cc1cccc2cnn(CCS(C)(=O)=O)c(=O)c12. The second-order valence-corrected chi connectivity index (χ2v) is 6.60. The van der Waals surface area contributed by atoms with Crippen LogP contribution >= 0.6 is 0 Å². The molecule has 0 amide bonds. The molecular weight excluding hydrogens is 252 g/mol. The van der Waals surface area contributed by atoms with Crippen LogP contribution in [-0.2, 0) is 16.4 Å². The fourth-order valence-corrected chi connectivity index (χ4v) is 2.32. The molecule has 18 heavy (non-hydrogen) atoms. The van der Waals surface area contributed by atoms with Crippen LogP contribution in [0.25, 0.3) is 10.8 Å². The van der Waals surface area contributed by atoms with E-state index < -0.39 is 9.84 Å². The third-order valence-electron chi connectivity index (χ3n) is 2.76. The van der Waals surface area contributed by atoms with Gasteiger partial charge in [-0.3, -0.25) is 4.79 Å². The van der Waals surface area contributed by atoms with Gasteiger partial charge in [-0.15, -0.1) is 0 Å². The first kappa shape index (κ1) is 12.8. The average Bonchev–Trinajstić information content (AvgIpc) is 2.27.